The molecule has 2 rings (SSSR count). The normalized spacial score (nSPS) is 11.7. The molecule has 0 bridgehead atoms. The van der Waals surface area contributed by atoms with Gasteiger partial charge in [-0.3, -0.25) is 0 Å². The van der Waals surface area contributed by atoms with Gasteiger partial charge in [0.2, 0.25) is 0 Å². The van der Waals surface area contributed by atoms with Crippen LogP contribution in [-0.4, -0.2) is 14.1 Å². The Labute approximate surface area is 105 Å². The van der Waals surface area contributed by atoms with E-state index in [9.17, 15) is 0 Å². The van der Waals surface area contributed by atoms with Crippen LogP contribution in [0.4, 0.5) is 0 Å². The molecule has 0 aliphatic rings. The lowest BCUT2D eigenvalue weighted by molar-refractivity contribution is -0.800. The van der Waals surface area contributed by atoms with E-state index in [1.165, 1.54) is 19.9 Å². The average Bonchev–Trinajstić information content (AvgIpc) is 2.26. The summed E-state index contributed by atoms with van der Waals surface area (Å²) in [7, 11) is 4.19. The van der Waals surface area contributed by atoms with Crippen molar-refractivity contribution in [1.82, 2.24) is 0 Å². The van der Waals surface area contributed by atoms with Crippen LogP contribution in [0.2, 0.25) is 0 Å². The van der Waals surface area contributed by atoms with Gasteiger partial charge in [-0.2, -0.15) is 0 Å². The first-order chi connectivity index (χ1) is 7.66. The van der Waals surface area contributed by atoms with Crippen molar-refractivity contribution < 1.29 is 4.90 Å². The summed E-state index contributed by atoms with van der Waals surface area (Å²) in [5, 5.41) is 1.18. The Balaban J connectivity index is 2.54. The molecular weight excluding hydrogens is 234 g/mol. The fraction of sp³-hybridized carbons (Fsp3) is 0.154. The molecule has 0 saturated carbocycles. The molecule has 1 N–H and O–H groups in total. The molecule has 0 amide bonds. The number of hydrogen-bond donors (Lipinski definition) is 1. The molecule has 82 valence electrons. The summed E-state index contributed by atoms with van der Waals surface area (Å²) in [6, 6.07) is 10.4. The highest BCUT2D eigenvalue weighted by atomic mass is 32.1. The molecule has 0 aliphatic heterocycles. The SMILES string of the molecule is C[NH+](C)C=Cc1cc(=S)c2ccccc2s1. The molecule has 1 nitrogen and oxygen atoms in total. The molecule has 1 heterocycles. The molecular formula is C13H14NS2+. The second-order valence-corrected chi connectivity index (χ2v) is 5.48. The lowest BCUT2D eigenvalue weighted by Gasteiger charge is -2.00. The Bertz CT molecular complexity index is 582. The third-order valence-electron chi connectivity index (χ3n) is 2.23. The maximum Gasteiger partial charge on any atom is 0.0952 e. The second kappa shape index (κ2) is 4.87. The van der Waals surface area contributed by atoms with E-state index in [4.69, 9.17) is 12.2 Å². The molecule has 0 atom stereocenters. The largest absolute Gasteiger partial charge is 0.313 e. The van der Waals surface area contributed by atoms with Crippen molar-refractivity contribution in [2.24, 2.45) is 0 Å². The molecule has 0 spiro atoms. The second-order valence-electron chi connectivity index (χ2n) is 3.92. The fourth-order valence-corrected chi connectivity index (χ4v) is 2.90. The van der Waals surface area contributed by atoms with E-state index in [-0.39, 0.29) is 0 Å². The minimum Gasteiger partial charge on any atom is -0.313 e. The van der Waals surface area contributed by atoms with Crippen LogP contribution in [0.5, 0.6) is 0 Å². The molecule has 0 aliphatic carbocycles. The van der Waals surface area contributed by atoms with Crippen LogP contribution >= 0.6 is 23.6 Å². The van der Waals surface area contributed by atoms with E-state index < -0.39 is 0 Å². The van der Waals surface area contributed by atoms with Gasteiger partial charge in [0.15, 0.2) is 0 Å². The van der Waals surface area contributed by atoms with E-state index in [2.05, 4.69) is 50.6 Å². The van der Waals surface area contributed by atoms with Gasteiger partial charge in [0.1, 0.15) is 0 Å². The Morgan fingerprint density at radius 2 is 2.00 bits per heavy atom. The lowest BCUT2D eigenvalue weighted by Crippen LogP contribution is -3.00. The first-order valence-corrected chi connectivity index (χ1v) is 6.40. The molecule has 3 heteroatoms. The van der Waals surface area contributed by atoms with Crippen molar-refractivity contribution in [2.75, 3.05) is 14.1 Å². The predicted octanol–water partition coefficient (Wildman–Crippen LogP) is 2.75. The molecule has 0 saturated heterocycles. The quantitative estimate of drug-likeness (QED) is 0.801. The maximum atomic E-state index is 5.39. The van der Waals surface area contributed by atoms with Gasteiger partial charge in [-0.15, -0.1) is 11.3 Å². The highest BCUT2D eigenvalue weighted by Crippen LogP contribution is 2.24. The number of benzene rings is 1. The van der Waals surface area contributed by atoms with Crippen molar-refractivity contribution in [3.8, 4) is 0 Å². The third-order valence-corrected chi connectivity index (χ3v) is 3.64. The highest BCUT2D eigenvalue weighted by Gasteiger charge is 1.98. The van der Waals surface area contributed by atoms with Crippen LogP contribution in [0, 0.1) is 4.51 Å². The van der Waals surface area contributed by atoms with E-state index in [0.29, 0.717) is 0 Å². The van der Waals surface area contributed by atoms with Crippen LogP contribution in [-0.2, 0) is 0 Å². The van der Waals surface area contributed by atoms with E-state index in [0.717, 1.165) is 4.51 Å². The topological polar surface area (TPSA) is 4.44 Å². The molecule has 1 aromatic carbocycles. The Morgan fingerprint density at radius 1 is 1.25 bits per heavy atom. The molecule has 0 unspecified atom stereocenters. The lowest BCUT2D eigenvalue weighted by atomic mass is 10.2. The standard InChI is InChI=1S/C13H13NS2/c1-14(2)8-7-10-9-12(15)11-5-3-4-6-13(11)16-10/h3-9H,1-2H3/p+1. The Kier molecular flexibility index (Phi) is 3.49. The molecule has 0 radical (unpaired) electrons. The zero-order valence-electron chi connectivity index (χ0n) is 9.36. The van der Waals surface area contributed by atoms with Gasteiger partial charge >= 0.3 is 0 Å². The first-order valence-electron chi connectivity index (χ1n) is 5.18. The minimum absolute atomic E-state index is 0.933. The van der Waals surface area contributed by atoms with Gasteiger partial charge in [-0.1, -0.05) is 30.4 Å². The van der Waals surface area contributed by atoms with E-state index in [1.807, 2.05) is 6.07 Å². The molecule has 16 heavy (non-hydrogen) atoms. The zero-order valence-corrected chi connectivity index (χ0v) is 11.0. The van der Waals surface area contributed by atoms with Crippen molar-refractivity contribution in [2.45, 2.75) is 0 Å². The van der Waals surface area contributed by atoms with Gasteiger partial charge in [0.05, 0.1) is 20.3 Å². The summed E-state index contributed by atoms with van der Waals surface area (Å²) in [5.74, 6) is 0. The van der Waals surface area contributed by atoms with Gasteiger partial charge in [-0.25, -0.2) is 0 Å². The Hall–Kier alpha value is -1.03. The van der Waals surface area contributed by atoms with Crippen molar-refractivity contribution >= 4 is 39.7 Å². The van der Waals surface area contributed by atoms with Crippen molar-refractivity contribution in [3.05, 3.63) is 45.9 Å². The summed E-state index contributed by atoms with van der Waals surface area (Å²) in [6.07, 6.45) is 4.25. The van der Waals surface area contributed by atoms with Gasteiger partial charge in [-0.05, 0) is 12.1 Å². The molecule has 0 fully saturated rings. The zero-order chi connectivity index (χ0) is 11.5. The van der Waals surface area contributed by atoms with E-state index in [1.54, 1.807) is 11.3 Å². The number of fused-ring (bicyclic) bond motifs is 1. The number of nitrogens with one attached hydrogen (secondary N) is 1. The van der Waals surface area contributed by atoms with Crippen LogP contribution in [0.15, 0.2) is 36.5 Å². The van der Waals surface area contributed by atoms with Gasteiger partial charge in [0.25, 0.3) is 0 Å². The number of hydrogen-bond acceptors (Lipinski definition) is 2. The number of rotatable bonds is 2. The van der Waals surface area contributed by atoms with E-state index >= 15 is 0 Å². The highest BCUT2D eigenvalue weighted by molar-refractivity contribution is 7.71. The summed E-state index contributed by atoms with van der Waals surface area (Å²) < 4.78 is 2.19. The summed E-state index contributed by atoms with van der Waals surface area (Å²) in [4.78, 5) is 2.51. The van der Waals surface area contributed by atoms with Crippen LogP contribution in [0.3, 0.4) is 0 Å². The summed E-state index contributed by atoms with van der Waals surface area (Å²) in [5.41, 5.74) is 0. The summed E-state index contributed by atoms with van der Waals surface area (Å²) in [6.45, 7) is 0. The summed E-state index contributed by atoms with van der Waals surface area (Å²) >= 11 is 7.16. The van der Waals surface area contributed by atoms with Crippen LogP contribution < -0.4 is 4.90 Å². The van der Waals surface area contributed by atoms with Crippen LogP contribution in [0.25, 0.3) is 16.2 Å². The fourth-order valence-electron chi connectivity index (χ4n) is 1.45. The van der Waals surface area contributed by atoms with Crippen molar-refractivity contribution in [3.63, 3.8) is 0 Å². The maximum absolute atomic E-state index is 5.39. The Morgan fingerprint density at radius 3 is 2.75 bits per heavy atom. The number of quaternary nitrogens is 1. The first kappa shape index (κ1) is 11.5. The molecule has 1 aromatic heterocycles. The van der Waals surface area contributed by atoms with Gasteiger partial charge < -0.3 is 4.90 Å². The van der Waals surface area contributed by atoms with Crippen LogP contribution in [0.1, 0.15) is 4.88 Å². The van der Waals surface area contributed by atoms with Crippen molar-refractivity contribution in [1.29, 1.82) is 0 Å². The monoisotopic (exact) mass is 248 g/mol. The molecule has 2 aromatic rings. The smallest absolute Gasteiger partial charge is 0.0952 e. The average molecular weight is 248 g/mol. The minimum atomic E-state index is 0.933. The van der Waals surface area contributed by atoms with Gasteiger partial charge in [0, 0.05) is 25.5 Å². The third kappa shape index (κ3) is 2.55. The predicted molar refractivity (Wildman–Crippen MR) is 74.5 cm³/mol.